The van der Waals surface area contributed by atoms with Crippen LogP contribution in [0.3, 0.4) is 0 Å². The third-order valence-corrected chi connectivity index (χ3v) is 5.69. The zero-order valence-electron chi connectivity index (χ0n) is 13.5. The highest BCUT2D eigenvalue weighted by molar-refractivity contribution is 5.73. The third kappa shape index (κ3) is 3.16. The van der Waals surface area contributed by atoms with Crippen LogP contribution in [0.4, 0.5) is 13.2 Å². The molecule has 1 aromatic rings. The Morgan fingerprint density at radius 3 is 2.50 bits per heavy atom. The Bertz CT molecular complexity index is 623. The van der Waals surface area contributed by atoms with Gasteiger partial charge in [0.1, 0.15) is 0 Å². The van der Waals surface area contributed by atoms with Gasteiger partial charge in [-0.05, 0) is 66.7 Å². The van der Waals surface area contributed by atoms with Crippen molar-refractivity contribution in [3.8, 4) is 0 Å². The number of nitrogens with one attached hydrogen (secondary N) is 1. The topological polar surface area (TPSA) is 49.3 Å². The van der Waals surface area contributed by atoms with Crippen molar-refractivity contribution in [1.29, 1.82) is 0 Å². The van der Waals surface area contributed by atoms with Crippen molar-refractivity contribution < 1.29 is 23.1 Å². The predicted octanol–water partition coefficient (Wildman–Crippen LogP) is 4.11. The van der Waals surface area contributed by atoms with Gasteiger partial charge in [-0.3, -0.25) is 0 Å². The molecule has 1 atom stereocenters. The summed E-state index contributed by atoms with van der Waals surface area (Å²) < 4.78 is 31.7. The summed E-state index contributed by atoms with van der Waals surface area (Å²) in [5, 5.41) is 10.7. The van der Waals surface area contributed by atoms with Gasteiger partial charge in [0, 0.05) is 6.54 Å². The minimum atomic E-state index is -5.08. The Morgan fingerprint density at radius 2 is 1.92 bits per heavy atom. The van der Waals surface area contributed by atoms with Crippen LogP contribution < -0.4 is 5.32 Å². The molecule has 1 fully saturated rings. The molecule has 3 nitrogen and oxygen atoms in total. The standard InChI is InChI=1S/C16H21N.C2HF3O2/c1-3-13-11-17-10-6-12-5-9-16(7-2-8-16)14(4-1)15(12)13;3-2(4,5)1(6)7/h1,3-4,12,17H,2,5-11H2;(H,6,7). The summed E-state index contributed by atoms with van der Waals surface area (Å²) >= 11 is 0. The minimum absolute atomic E-state index is 0.603. The Labute approximate surface area is 139 Å². The van der Waals surface area contributed by atoms with E-state index >= 15 is 0 Å². The van der Waals surface area contributed by atoms with Gasteiger partial charge in [-0.25, -0.2) is 4.79 Å². The molecular weight excluding hydrogens is 319 g/mol. The van der Waals surface area contributed by atoms with Gasteiger partial charge in [0.05, 0.1) is 0 Å². The largest absolute Gasteiger partial charge is 0.490 e. The van der Waals surface area contributed by atoms with Gasteiger partial charge in [0.25, 0.3) is 0 Å². The van der Waals surface area contributed by atoms with E-state index in [1.807, 2.05) is 0 Å². The molecule has 0 aromatic heterocycles. The Balaban J connectivity index is 0.000000209. The second-order valence-corrected chi connectivity index (χ2v) is 7.02. The second-order valence-electron chi connectivity index (χ2n) is 7.02. The van der Waals surface area contributed by atoms with Crippen LogP contribution in [0.2, 0.25) is 0 Å². The number of carboxylic acid groups (broad SMARTS) is 1. The van der Waals surface area contributed by atoms with Crippen LogP contribution in [-0.4, -0.2) is 23.8 Å². The lowest BCUT2D eigenvalue weighted by molar-refractivity contribution is -0.192. The molecule has 2 aliphatic carbocycles. The summed E-state index contributed by atoms with van der Waals surface area (Å²) in [6.07, 6.45) is 3.50. The number of fused-ring (bicyclic) bond motifs is 1. The van der Waals surface area contributed by atoms with Crippen LogP contribution in [0, 0.1) is 0 Å². The Kier molecular flexibility index (Phi) is 4.60. The fourth-order valence-electron chi connectivity index (χ4n) is 4.35. The van der Waals surface area contributed by atoms with E-state index in [1.165, 1.54) is 45.1 Å². The Morgan fingerprint density at radius 1 is 1.21 bits per heavy atom. The zero-order valence-corrected chi connectivity index (χ0v) is 13.5. The highest BCUT2D eigenvalue weighted by atomic mass is 19.4. The summed E-state index contributed by atoms with van der Waals surface area (Å²) in [5.74, 6) is -1.91. The molecule has 1 aromatic carbocycles. The van der Waals surface area contributed by atoms with Gasteiger partial charge in [0.2, 0.25) is 0 Å². The number of alkyl halides is 3. The molecule has 6 heteroatoms. The monoisotopic (exact) mass is 341 g/mol. The number of hydrogen-bond acceptors (Lipinski definition) is 2. The molecule has 132 valence electrons. The van der Waals surface area contributed by atoms with E-state index in [1.54, 1.807) is 16.7 Å². The average molecular weight is 341 g/mol. The van der Waals surface area contributed by atoms with Crippen LogP contribution in [0.5, 0.6) is 0 Å². The normalized spacial score (nSPS) is 24.0. The van der Waals surface area contributed by atoms with E-state index in [9.17, 15) is 13.2 Å². The summed E-state index contributed by atoms with van der Waals surface area (Å²) in [5.41, 5.74) is 5.69. The van der Waals surface area contributed by atoms with Crippen molar-refractivity contribution in [2.24, 2.45) is 0 Å². The maximum absolute atomic E-state index is 10.6. The maximum atomic E-state index is 10.6. The van der Waals surface area contributed by atoms with Gasteiger partial charge in [-0.1, -0.05) is 24.6 Å². The highest BCUT2D eigenvalue weighted by Crippen LogP contribution is 2.55. The lowest BCUT2D eigenvalue weighted by Gasteiger charge is -2.48. The fraction of sp³-hybridized carbons (Fsp3) is 0.611. The quantitative estimate of drug-likeness (QED) is 0.746. The van der Waals surface area contributed by atoms with Crippen LogP contribution in [0.1, 0.15) is 61.1 Å². The fourth-order valence-corrected chi connectivity index (χ4v) is 4.35. The van der Waals surface area contributed by atoms with Crippen LogP contribution >= 0.6 is 0 Å². The van der Waals surface area contributed by atoms with Gasteiger partial charge in [-0.2, -0.15) is 13.2 Å². The van der Waals surface area contributed by atoms with Crippen molar-refractivity contribution in [1.82, 2.24) is 5.32 Å². The van der Waals surface area contributed by atoms with Crippen LogP contribution in [0.15, 0.2) is 18.2 Å². The van der Waals surface area contributed by atoms with E-state index in [0.29, 0.717) is 5.41 Å². The molecule has 2 N–H and O–H groups in total. The second kappa shape index (κ2) is 6.39. The molecule has 24 heavy (non-hydrogen) atoms. The average Bonchev–Trinajstić information content (AvgIpc) is 2.70. The third-order valence-electron chi connectivity index (χ3n) is 5.69. The molecule has 0 amide bonds. The predicted molar refractivity (Wildman–Crippen MR) is 84.0 cm³/mol. The minimum Gasteiger partial charge on any atom is -0.475 e. The van der Waals surface area contributed by atoms with E-state index in [-0.39, 0.29) is 0 Å². The molecule has 1 unspecified atom stereocenters. The summed E-state index contributed by atoms with van der Waals surface area (Å²) in [6.45, 7) is 2.29. The molecule has 1 aliphatic heterocycles. The first kappa shape index (κ1) is 17.3. The van der Waals surface area contributed by atoms with Crippen molar-refractivity contribution in [3.05, 3.63) is 34.9 Å². The maximum Gasteiger partial charge on any atom is 0.490 e. The van der Waals surface area contributed by atoms with Crippen LogP contribution in [0.25, 0.3) is 0 Å². The van der Waals surface area contributed by atoms with E-state index < -0.39 is 12.1 Å². The number of carbonyl (C=O) groups is 1. The molecule has 0 radical (unpaired) electrons. The molecular formula is C18H22F3NO2. The highest BCUT2D eigenvalue weighted by Gasteiger charge is 2.44. The molecule has 1 heterocycles. The number of hydrogen-bond donors (Lipinski definition) is 2. The van der Waals surface area contributed by atoms with Gasteiger partial charge in [0.15, 0.2) is 0 Å². The van der Waals surface area contributed by atoms with Crippen LogP contribution in [-0.2, 0) is 16.8 Å². The Hall–Kier alpha value is -1.56. The number of rotatable bonds is 0. The van der Waals surface area contributed by atoms with Gasteiger partial charge >= 0.3 is 12.1 Å². The van der Waals surface area contributed by atoms with Gasteiger partial charge in [-0.15, -0.1) is 0 Å². The molecule has 3 aliphatic rings. The first-order valence-electron chi connectivity index (χ1n) is 8.47. The summed E-state index contributed by atoms with van der Waals surface area (Å²) in [4.78, 5) is 8.90. The zero-order chi connectivity index (χ0) is 17.4. The SMILES string of the molecule is O=C(O)C(F)(F)F.c1cc2c3c(c1)C1(CCC1)CCC3CCNC2. The number of halogens is 3. The summed E-state index contributed by atoms with van der Waals surface area (Å²) in [7, 11) is 0. The van der Waals surface area contributed by atoms with Crippen molar-refractivity contribution in [2.45, 2.75) is 62.6 Å². The lowest BCUT2D eigenvalue weighted by atomic mass is 9.56. The van der Waals surface area contributed by atoms with Crippen molar-refractivity contribution in [3.63, 3.8) is 0 Å². The number of carboxylic acids is 1. The van der Waals surface area contributed by atoms with Crippen molar-refractivity contribution >= 4 is 5.97 Å². The van der Waals surface area contributed by atoms with E-state index in [2.05, 4.69) is 23.5 Å². The molecule has 0 bridgehead atoms. The molecule has 1 saturated carbocycles. The van der Waals surface area contributed by atoms with E-state index in [0.717, 1.165) is 12.5 Å². The first-order chi connectivity index (χ1) is 11.3. The summed E-state index contributed by atoms with van der Waals surface area (Å²) in [6, 6.07) is 7.08. The molecule has 0 saturated heterocycles. The molecule has 4 rings (SSSR count). The lowest BCUT2D eigenvalue weighted by Crippen LogP contribution is -2.39. The van der Waals surface area contributed by atoms with E-state index in [4.69, 9.17) is 9.90 Å². The number of benzene rings is 1. The van der Waals surface area contributed by atoms with Crippen molar-refractivity contribution in [2.75, 3.05) is 6.54 Å². The number of aliphatic carboxylic acids is 1. The first-order valence-corrected chi connectivity index (χ1v) is 8.47. The molecule has 1 spiro atoms. The smallest absolute Gasteiger partial charge is 0.475 e. The van der Waals surface area contributed by atoms with Gasteiger partial charge < -0.3 is 10.4 Å².